The number of carbonyl (C=O) groups is 3. The summed E-state index contributed by atoms with van der Waals surface area (Å²) in [7, 11) is 0. The predicted octanol–water partition coefficient (Wildman–Crippen LogP) is 21.8. The molecule has 0 aromatic rings. The minimum atomic E-state index is -0.785. The molecule has 0 fully saturated rings. The van der Waals surface area contributed by atoms with Crippen molar-refractivity contribution in [2.24, 2.45) is 0 Å². The topological polar surface area (TPSA) is 78.9 Å². The van der Waals surface area contributed by atoms with Crippen LogP contribution in [0.2, 0.25) is 0 Å². The number of carbonyl (C=O) groups excluding carboxylic acids is 3. The molecule has 1 unspecified atom stereocenters. The molecule has 6 heteroatoms. The van der Waals surface area contributed by atoms with Crippen LogP contribution in [-0.2, 0) is 28.6 Å². The minimum Gasteiger partial charge on any atom is -0.462 e. The SMILES string of the molecule is CC/C=C\C/C=C\C/C=C\C/C=C\C/C=C\C/C=C\C/C=C\CCCCCCCCCCCCCC(=O)OCC(COC(=O)CCCCCCCCCCCC)OC(=O)CCCCCCC/C=C\C/C=C\CCCCC. The zero-order valence-electron chi connectivity index (χ0n) is 49.7. The highest BCUT2D eigenvalue weighted by molar-refractivity contribution is 5.71. The Hall–Kier alpha value is -3.93. The number of allylic oxidation sites excluding steroid dienone is 18. The van der Waals surface area contributed by atoms with Crippen molar-refractivity contribution in [3.63, 3.8) is 0 Å². The molecule has 0 aliphatic rings. The van der Waals surface area contributed by atoms with Crippen LogP contribution in [0.1, 0.15) is 297 Å². The molecular weight excluding hydrogens is 937 g/mol. The maximum atomic E-state index is 12.8. The molecule has 0 saturated heterocycles. The minimum absolute atomic E-state index is 0.0819. The van der Waals surface area contributed by atoms with Gasteiger partial charge in [-0.1, -0.05) is 278 Å². The van der Waals surface area contributed by atoms with E-state index in [2.05, 4.69) is 130 Å². The van der Waals surface area contributed by atoms with E-state index in [0.717, 1.165) is 128 Å². The normalized spacial score (nSPS) is 12.8. The first kappa shape index (κ1) is 72.1. The molecule has 0 bridgehead atoms. The van der Waals surface area contributed by atoms with Crippen LogP contribution in [0, 0.1) is 0 Å². The summed E-state index contributed by atoms with van der Waals surface area (Å²) in [6.07, 6.45) is 86.7. The second-order valence-corrected chi connectivity index (χ2v) is 20.9. The molecule has 0 N–H and O–H groups in total. The van der Waals surface area contributed by atoms with E-state index in [1.165, 1.54) is 128 Å². The maximum absolute atomic E-state index is 12.8. The molecule has 0 radical (unpaired) electrons. The summed E-state index contributed by atoms with van der Waals surface area (Å²) in [5, 5.41) is 0. The standard InChI is InChI=1S/C70H118O6/c1-4-7-10-13-16-19-22-24-26-27-28-29-30-31-32-33-34-35-36-37-38-39-40-41-42-43-45-46-48-51-54-57-60-63-69(72)75-66-67(65-74-68(71)62-59-56-53-50-21-18-15-12-9-6-3)76-70(73)64-61-58-55-52-49-47-44-25-23-20-17-14-11-8-5-2/h7,10,16-17,19-20,24-26,28-29,31-32,34-35,37-38,44,67H,4-6,8-9,11-15,18,21-23,27,30,33,36,39-43,45-66H2,1-3H3/b10-7-,19-16-,20-17-,26-24-,29-28-,32-31-,35-34-,38-37-,44-25-. The van der Waals surface area contributed by atoms with Crippen LogP contribution in [0.25, 0.3) is 0 Å². The van der Waals surface area contributed by atoms with Crippen molar-refractivity contribution in [2.75, 3.05) is 13.2 Å². The molecule has 0 amide bonds. The molecular formula is C70H118O6. The van der Waals surface area contributed by atoms with Gasteiger partial charge in [0.1, 0.15) is 13.2 Å². The molecule has 434 valence electrons. The lowest BCUT2D eigenvalue weighted by molar-refractivity contribution is -0.167. The summed E-state index contributed by atoms with van der Waals surface area (Å²) < 4.78 is 16.9. The van der Waals surface area contributed by atoms with Crippen molar-refractivity contribution in [2.45, 2.75) is 303 Å². The molecule has 0 saturated carbocycles. The Labute approximate surface area is 470 Å². The molecule has 0 heterocycles. The third-order valence-electron chi connectivity index (χ3n) is 13.5. The van der Waals surface area contributed by atoms with Crippen molar-refractivity contribution in [1.82, 2.24) is 0 Å². The highest BCUT2D eigenvalue weighted by atomic mass is 16.6. The summed E-state index contributed by atoms with van der Waals surface area (Å²) in [5.41, 5.74) is 0. The Bertz CT molecular complexity index is 1540. The number of unbranched alkanes of at least 4 members (excludes halogenated alkanes) is 28. The first-order valence-corrected chi connectivity index (χ1v) is 31.9. The molecule has 0 aliphatic heterocycles. The molecule has 0 aromatic carbocycles. The number of rotatable bonds is 57. The van der Waals surface area contributed by atoms with Gasteiger partial charge in [0, 0.05) is 19.3 Å². The summed E-state index contributed by atoms with van der Waals surface area (Å²) in [6, 6.07) is 0. The lowest BCUT2D eigenvalue weighted by Crippen LogP contribution is -2.30. The first-order valence-electron chi connectivity index (χ1n) is 31.9. The van der Waals surface area contributed by atoms with E-state index in [1.807, 2.05) is 0 Å². The first-order chi connectivity index (χ1) is 37.5. The van der Waals surface area contributed by atoms with Gasteiger partial charge in [-0.25, -0.2) is 0 Å². The van der Waals surface area contributed by atoms with Crippen LogP contribution in [0.15, 0.2) is 109 Å². The van der Waals surface area contributed by atoms with Crippen LogP contribution < -0.4 is 0 Å². The third-order valence-corrected chi connectivity index (χ3v) is 13.5. The largest absolute Gasteiger partial charge is 0.462 e. The molecule has 0 aromatic heterocycles. The zero-order chi connectivity index (χ0) is 55.0. The fourth-order valence-corrected chi connectivity index (χ4v) is 8.75. The highest BCUT2D eigenvalue weighted by Gasteiger charge is 2.19. The van der Waals surface area contributed by atoms with Gasteiger partial charge in [0.25, 0.3) is 0 Å². The van der Waals surface area contributed by atoms with Gasteiger partial charge in [0.05, 0.1) is 0 Å². The lowest BCUT2D eigenvalue weighted by atomic mass is 10.0. The molecule has 6 nitrogen and oxygen atoms in total. The second kappa shape index (κ2) is 63.6. The van der Waals surface area contributed by atoms with Crippen molar-refractivity contribution < 1.29 is 28.6 Å². The summed E-state index contributed by atoms with van der Waals surface area (Å²) in [6.45, 7) is 6.49. The van der Waals surface area contributed by atoms with Gasteiger partial charge in [-0.05, 0) is 109 Å². The Morgan fingerprint density at radius 1 is 0.276 bits per heavy atom. The molecule has 0 spiro atoms. The van der Waals surface area contributed by atoms with E-state index in [-0.39, 0.29) is 31.1 Å². The van der Waals surface area contributed by atoms with Gasteiger partial charge >= 0.3 is 17.9 Å². The quantitative estimate of drug-likeness (QED) is 0.0261. The van der Waals surface area contributed by atoms with Crippen LogP contribution in [0.4, 0.5) is 0 Å². The molecule has 0 aliphatic carbocycles. The fourth-order valence-electron chi connectivity index (χ4n) is 8.75. The molecule has 76 heavy (non-hydrogen) atoms. The van der Waals surface area contributed by atoms with E-state index in [4.69, 9.17) is 14.2 Å². The van der Waals surface area contributed by atoms with Gasteiger partial charge in [-0.3, -0.25) is 14.4 Å². The average molecular weight is 1060 g/mol. The van der Waals surface area contributed by atoms with Crippen LogP contribution in [0.5, 0.6) is 0 Å². The number of hydrogen-bond acceptors (Lipinski definition) is 6. The van der Waals surface area contributed by atoms with Crippen molar-refractivity contribution >= 4 is 17.9 Å². The second-order valence-electron chi connectivity index (χ2n) is 20.9. The number of ether oxygens (including phenoxy) is 3. The number of hydrogen-bond donors (Lipinski definition) is 0. The van der Waals surface area contributed by atoms with Crippen molar-refractivity contribution in [1.29, 1.82) is 0 Å². The van der Waals surface area contributed by atoms with Crippen LogP contribution in [-0.4, -0.2) is 37.2 Å². The van der Waals surface area contributed by atoms with Gasteiger partial charge < -0.3 is 14.2 Å². The maximum Gasteiger partial charge on any atom is 0.306 e. The Morgan fingerprint density at radius 2 is 0.513 bits per heavy atom. The zero-order valence-corrected chi connectivity index (χ0v) is 49.7. The molecule has 0 rings (SSSR count). The van der Waals surface area contributed by atoms with E-state index in [9.17, 15) is 14.4 Å². The Balaban J connectivity index is 4.18. The Kier molecular flexibility index (Phi) is 60.3. The average Bonchev–Trinajstić information content (AvgIpc) is 3.42. The summed E-state index contributed by atoms with van der Waals surface area (Å²) >= 11 is 0. The van der Waals surface area contributed by atoms with Crippen molar-refractivity contribution in [3.05, 3.63) is 109 Å². The van der Waals surface area contributed by atoms with Gasteiger partial charge in [0.15, 0.2) is 6.10 Å². The van der Waals surface area contributed by atoms with E-state index in [1.54, 1.807) is 0 Å². The smallest absolute Gasteiger partial charge is 0.306 e. The van der Waals surface area contributed by atoms with Gasteiger partial charge in [0.2, 0.25) is 0 Å². The number of esters is 3. The van der Waals surface area contributed by atoms with Gasteiger partial charge in [-0.15, -0.1) is 0 Å². The van der Waals surface area contributed by atoms with E-state index >= 15 is 0 Å². The van der Waals surface area contributed by atoms with E-state index in [0.29, 0.717) is 19.3 Å². The highest BCUT2D eigenvalue weighted by Crippen LogP contribution is 2.16. The van der Waals surface area contributed by atoms with Crippen molar-refractivity contribution in [3.8, 4) is 0 Å². The summed E-state index contributed by atoms with van der Waals surface area (Å²) in [4.78, 5) is 38.1. The van der Waals surface area contributed by atoms with E-state index < -0.39 is 6.10 Å². The summed E-state index contributed by atoms with van der Waals surface area (Å²) in [5.74, 6) is -0.895. The molecule has 1 atom stereocenters. The lowest BCUT2D eigenvalue weighted by Gasteiger charge is -2.18. The Morgan fingerprint density at radius 3 is 0.829 bits per heavy atom. The predicted molar refractivity (Wildman–Crippen MR) is 330 cm³/mol. The van der Waals surface area contributed by atoms with Crippen LogP contribution >= 0.6 is 0 Å². The fraction of sp³-hybridized carbons (Fsp3) is 0.700. The third kappa shape index (κ3) is 60.9. The monoisotopic (exact) mass is 1050 g/mol. The van der Waals surface area contributed by atoms with Crippen LogP contribution in [0.3, 0.4) is 0 Å². The van der Waals surface area contributed by atoms with Gasteiger partial charge in [-0.2, -0.15) is 0 Å².